The normalized spacial score (nSPS) is 9.00. The highest BCUT2D eigenvalue weighted by Crippen LogP contribution is 2.33. The van der Waals surface area contributed by atoms with Crippen molar-refractivity contribution in [3.63, 3.8) is 0 Å². The Hall–Kier alpha value is -1.82. The molecule has 12 N–H and O–H groups in total. The summed E-state index contributed by atoms with van der Waals surface area (Å²) in [4.78, 5) is 0. The van der Waals surface area contributed by atoms with Crippen LogP contribution in [0.3, 0.4) is 0 Å². The predicted molar refractivity (Wildman–Crippen MR) is 52.1 cm³/mol. The van der Waals surface area contributed by atoms with Crippen LogP contribution >= 0.6 is 0 Å². The average Bonchev–Trinajstić information content (AvgIpc) is 1.97. The molecule has 1 aromatic carbocycles. The molecular weight excluding hydrogens is 158 g/mol. The van der Waals surface area contributed by atoms with Gasteiger partial charge in [-0.15, -0.1) is 0 Å². The Morgan fingerprint density at radius 3 is 1.33 bits per heavy atom. The van der Waals surface area contributed by atoms with E-state index >= 15 is 0 Å². The second-order valence-electron chi connectivity index (χ2n) is 2.30. The minimum atomic E-state index is 0. The summed E-state index contributed by atoms with van der Waals surface area (Å²) in [7, 11) is 0. The van der Waals surface area contributed by atoms with E-state index in [1.54, 1.807) is 0 Å². The number of hydrogen-bond donors (Lipinski definition) is 5. The molecule has 0 aliphatic carbocycles. The van der Waals surface area contributed by atoms with E-state index in [1.807, 2.05) is 0 Å². The van der Waals surface area contributed by atoms with E-state index in [4.69, 9.17) is 28.7 Å². The fourth-order valence-corrected chi connectivity index (χ4v) is 0.779. The molecule has 0 radical (unpaired) electrons. The molecule has 0 heterocycles. The lowest BCUT2D eigenvalue weighted by molar-refractivity contribution is 0.824. The molecule has 0 amide bonds. The summed E-state index contributed by atoms with van der Waals surface area (Å²) < 4.78 is 0. The van der Waals surface area contributed by atoms with Crippen molar-refractivity contribution in [1.29, 1.82) is 0 Å². The van der Waals surface area contributed by atoms with E-state index < -0.39 is 0 Å². The third-order valence-electron chi connectivity index (χ3n) is 1.51. The molecule has 0 saturated carbocycles. The maximum absolute atomic E-state index is 5.47. The molecule has 68 valence electrons. The van der Waals surface area contributed by atoms with E-state index in [-0.39, 0.29) is 22.5 Å². The van der Waals surface area contributed by atoms with Crippen LogP contribution in [0.2, 0.25) is 0 Å². The molecule has 0 fully saturated rings. The van der Waals surface area contributed by atoms with Gasteiger partial charge in [-0.3, -0.25) is 0 Å². The van der Waals surface area contributed by atoms with Crippen LogP contribution in [0, 0.1) is 0 Å². The van der Waals surface area contributed by atoms with E-state index in [0.29, 0.717) is 11.4 Å². The first kappa shape index (κ1) is 10.2. The molecule has 12 heavy (non-hydrogen) atoms. The monoisotopic (exact) mass is 171 g/mol. The Labute approximate surface area is 69.6 Å². The molecule has 0 bridgehead atoms. The number of rotatable bonds is 0. The van der Waals surface area contributed by atoms with Crippen LogP contribution in [0.15, 0.2) is 6.07 Å². The van der Waals surface area contributed by atoms with Crippen LogP contribution < -0.4 is 28.7 Å². The molecule has 6 heteroatoms. The molecule has 0 atom stereocenters. The highest BCUT2D eigenvalue weighted by molar-refractivity contribution is 5.93. The summed E-state index contributed by atoms with van der Waals surface area (Å²) in [5.41, 5.74) is 28.8. The molecule has 0 saturated heterocycles. The van der Waals surface area contributed by atoms with Gasteiger partial charge in [0.25, 0.3) is 0 Å². The lowest BCUT2D eigenvalue weighted by Gasteiger charge is -2.09. The van der Waals surface area contributed by atoms with Gasteiger partial charge in [-0.25, -0.2) is 0 Å². The molecule has 0 aromatic heterocycles. The number of anilines is 5. The highest BCUT2D eigenvalue weighted by Gasteiger charge is 2.06. The second kappa shape index (κ2) is 3.05. The van der Waals surface area contributed by atoms with E-state index in [1.165, 1.54) is 6.07 Å². The van der Waals surface area contributed by atoms with Gasteiger partial charge in [-0.05, 0) is 6.07 Å². The van der Waals surface area contributed by atoms with Gasteiger partial charge in [0.05, 0.1) is 28.4 Å². The standard InChI is InChI=1S/C6H11N5.H2O/c7-2-1-3(8)5(10)6(11)4(2)9;/h1H,7-11H2;1H2. The Morgan fingerprint density at radius 2 is 1.00 bits per heavy atom. The number of benzene rings is 1. The number of hydrogen-bond acceptors (Lipinski definition) is 5. The summed E-state index contributed by atoms with van der Waals surface area (Å²) in [6.45, 7) is 0. The van der Waals surface area contributed by atoms with Crippen LogP contribution in [-0.4, -0.2) is 5.48 Å². The first-order valence-electron chi connectivity index (χ1n) is 3.02. The molecule has 0 aliphatic rings. The van der Waals surface area contributed by atoms with Gasteiger partial charge >= 0.3 is 0 Å². The van der Waals surface area contributed by atoms with Crippen LogP contribution in [0.5, 0.6) is 0 Å². The highest BCUT2D eigenvalue weighted by atomic mass is 16.0. The number of nitrogen functional groups attached to an aromatic ring is 5. The van der Waals surface area contributed by atoms with Gasteiger partial charge in [0.15, 0.2) is 0 Å². The molecular formula is C6H13N5O. The van der Waals surface area contributed by atoms with E-state index in [9.17, 15) is 0 Å². The van der Waals surface area contributed by atoms with Gasteiger partial charge in [-0.2, -0.15) is 0 Å². The lowest BCUT2D eigenvalue weighted by atomic mass is 10.2. The van der Waals surface area contributed by atoms with Gasteiger partial charge in [0.1, 0.15) is 0 Å². The predicted octanol–water partition coefficient (Wildman–Crippen LogP) is -1.23. The summed E-state index contributed by atoms with van der Waals surface area (Å²) in [6.07, 6.45) is 0. The Bertz CT molecular complexity index is 272. The van der Waals surface area contributed by atoms with Gasteiger partial charge < -0.3 is 34.1 Å². The van der Waals surface area contributed by atoms with Crippen molar-refractivity contribution in [3.8, 4) is 0 Å². The Balaban J connectivity index is 0.00000121. The maximum atomic E-state index is 5.47. The summed E-state index contributed by atoms with van der Waals surface area (Å²) >= 11 is 0. The number of nitrogens with two attached hydrogens (primary N) is 5. The Morgan fingerprint density at radius 1 is 0.667 bits per heavy atom. The van der Waals surface area contributed by atoms with Crippen molar-refractivity contribution >= 4 is 28.4 Å². The SMILES string of the molecule is Nc1cc(N)c(N)c(N)c1N.O. The zero-order valence-electron chi connectivity index (χ0n) is 6.46. The third kappa shape index (κ3) is 1.28. The third-order valence-corrected chi connectivity index (χ3v) is 1.51. The minimum Gasteiger partial charge on any atom is -0.412 e. The van der Waals surface area contributed by atoms with Crippen molar-refractivity contribution in [2.24, 2.45) is 0 Å². The molecule has 0 spiro atoms. The minimum absolute atomic E-state index is 0. The maximum Gasteiger partial charge on any atom is 0.0824 e. The zero-order chi connectivity index (χ0) is 8.59. The van der Waals surface area contributed by atoms with Gasteiger partial charge in [-0.1, -0.05) is 0 Å². The van der Waals surface area contributed by atoms with Crippen molar-refractivity contribution in [2.75, 3.05) is 28.7 Å². The topological polar surface area (TPSA) is 162 Å². The van der Waals surface area contributed by atoms with Crippen LogP contribution in [0.4, 0.5) is 28.4 Å². The average molecular weight is 171 g/mol. The van der Waals surface area contributed by atoms with Gasteiger partial charge in [0.2, 0.25) is 0 Å². The quantitative estimate of drug-likeness (QED) is 0.308. The molecule has 6 nitrogen and oxygen atoms in total. The van der Waals surface area contributed by atoms with Crippen molar-refractivity contribution in [2.45, 2.75) is 0 Å². The molecule has 0 unspecified atom stereocenters. The fraction of sp³-hybridized carbons (Fsp3) is 0. The van der Waals surface area contributed by atoms with Gasteiger partial charge in [0, 0.05) is 0 Å². The van der Waals surface area contributed by atoms with Crippen molar-refractivity contribution < 1.29 is 5.48 Å². The zero-order valence-corrected chi connectivity index (χ0v) is 6.46. The van der Waals surface area contributed by atoms with Crippen LogP contribution in [-0.2, 0) is 0 Å². The fourth-order valence-electron chi connectivity index (χ4n) is 0.779. The first-order valence-corrected chi connectivity index (χ1v) is 3.02. The smallest absolute Gasteiger partial charge is 0.0824 e. The largest absolute Gasteiger partial charge is 0.412 e. The molecule has 1 rings (SSSR count). The summed E-state index contributed by atoms with van der Waals surface area (Å²) in [6, 6.07) is 1.49. The van der Waals surface area contributed by atoms with Crippen LogP contribution in [0.25, 0.3) is 0 Å². The summed E-state index contributed by atoms with van der Waals surface area (Å²) in [5, 5.41) is 0. The molecule has 0 aliphatic heterocycles. The molecule has 1 aromatic rings. The van der Waals surface area contributed by atoms with Crippen molar-refractivity contribution in [1.82, 2.24) is 0 Å². The van der Waals surface area contributed by atoms with E-state index in [2.05, 4.69) is 0 Å². The van der Waals surface area contributed by atoms with Crippen LogP contribution in [0.1, 0.15) is 0 Å². The van der Waals surface area contributed by atoms with Crippen molar-refractivity contribution in [3.05, 3.63) is 6.07 Å². The lowest BCUT2D eigenvalue weighted by Crippen LogP contribution is -2.06. The van der Waals surface area contributed by atoms with E-state index in [0.717, 1.165) is 0 Å². The Kier molecular flexibility index (Phi) is 2.59. The second-order valence-corrected chi connectivity index (χ2v) is 2.30. The first-order chi connectivity index (χ1) is 5.04. The summed E-state index contributed by atoms with van der Waals surface area (Å²) in [5.74, 6) is 0.